The van der Waals surface area contributed by atoms with E-state index in [1.54, 1.807) is 6.07 Å². The van der Waals surface area contributed by atoms with Gasteiger partial charge in [-0.05, 0) is 41.3 Å². The number of aromatic nitrogens is 1. The summed E-state index contributed by atoms with van der Waals surface area (Å²) >= 11 is 0. The van der Waals surface area contributed by atoms with Gasteiger partial charge in [0.15, 0.2) is 0 Å². The van der Waals surface area contributed by atoms with E-state index in [1.165, 1.54) is 12.1 Å². The number of alkyl halides is 3. The lowest BCUT2D eigenvalue weighted by Gasteiger charge is -2.27. The van der Waals surface area contributed by atoms with Gasteiger partial charge in [0.2, 0.25) is 0 Å². The van der Waals surface area contributed by atoms with Crippen molar-refractivity contribution in [3.8, 4) is 0 Å². The van der Waals surface area contributed by atoms with Crippen molar-refractivity contribution in [2.45, 2.75) is 45.8 Å². The van der Waals surface area contributed by atoms with Crippen LogP contribution in [0.4, 0.5) is 13.2 Å². The Bertz CT molecular complexity index is 1000. The third-order valence-electron chi connectivity index (χ3n) is 5.43. The zero-order valence-corrected chi connectivity index (χ0v) is 19.7. The average Bonchev–Trinajstić information content (AvgIpc) is 3.20. The van der Waals surface area contributed by atoms with Crippen LogP contribution in [0.2, 0.25) is 0 Å². The second-order valence-corrected chi connectivity index (χ2v) is 9.07. The van der Waals surface area contributed by atoms with Crippen LogP contribution in [-0.2, 0) is 30.6 Å². The van der Waals surface area contributed by atoms with Crippen molar-refractivity contribution >= 4 is 0 Å². The van der Waals surface area contributed by atoms with E-state index in [0.29, 0.717) is 37.7 Å². The van der Waals surface area contributed by atoms with Gasteiger partial charge in [0, 0.05) is 38.1 Å². The van der Waals surface area contributed by atoms with Crippen molar-refractivity contribution in [3.05, 3.63) is 95.3 Å². The van der Waals surface area contributed by atoms with Crippen molar-refractivity contribution in [2.24, 2.45) is 5.92 Å². The molecular weight excluding hydrogens is 441 g/mol. The van der Waals surface area contributed by atoms with E-state index in [9.17, 15) is 18.3 Å². The summed E-state index contributed by atoms with van der Waals surface area (Å²) < 4.78 is 46.9. The Kier molecular flexibility index (Phi) is 9.33. The smallest absolute Gasteiger partial charge is 0.389 e. The molecule has 34 heavy (non-hydrogen) atoms. The first-order valence-corrected chi connectivity index (χ1v) is 11.5. The second-order valence-electron chi connectivity index (χ2n) is 9.07. The number of hydrogen-bond acceptors (Lipinski definition) is 3. The second kappa shape index (κ2) is 12.2. The summed E-state index contributed by atoms with van der Waals surface area (Å²) in [7, 11) is 0. The van der Waals surface area contributed by atoms with E-state index >= 15 is 0 Å². The third-order valence-corrected chi connectivity index (χ3v) is 5.43. The van der Waals surface area contributed by atoms with Gasteiger partial charge in [-0.3, -0.25) is 4.90 Å². The maximum absolute atomic E-state index is 13.1. The first kappa shape index (κ1) is 26.0. The molecule has 0 fully saturated rings. The summed E-state index contributed by atoms with van der Waals surface area (Å²) in [5.74, 6) is 0.393. The Morgan fingerprint density at radius 2 is 1.68 bits per heavy atom. The van der Waals surface area contributed by atoms with Gasteiger partial charge in [-0.1, -0.05) is 56.3 Å². The molecule has 3 rings (SSSR count). The van der Waals surface area contributed by atoms with Gasteiger partial charge in [-0.15, -0.1) is 0 Å². The molecule has 7 heteroatoms. The molecular formula is C27H33F3N2O2. The van der Waals surface area contributed by atoms with Crippen LogP contribution in [-0.4, -0.2) is 40.4 Å². The highest BCUT2D eigenvalue weighted by atomic mass is 19.4. The number of nitrogens with zero attached hydrogens (tertiary/aromatic N) is 2. The minimum atomic E-state index is -4.36. The van der Waals surface area contributed by atoms with Gasteiger partial charge in [-0.2, -0.15) is 13.2 Å². The van der Waals surface area contributed by atoms with Crippen molar-refractivity contribution in [3.63, 3.8) is 0 Å². The minimum absolute atomic E-state index is 0.231. The van der Waals surface area contributed by atoms with Crippen molar-refractivity contribution in [1.29, 1.82) is 0 Å². The molecule has 0 radical (unpaired) electrons. The highest BCUT2D eigenvalue weighted by Crippen LogP contribution is 2.29. The zero-order chi connectivity index (χ0) is 24.6. The van der Waals surface area contributed by atoms with E-state index in [2.05, 4.69) is 18.7 Å². The number of rotatable bonds is 12. The molecule has 1 aromatic heterocycles. The molecule has 0 amide bonds. The summed E-state index contributed by atoms with van der Waals surface area (Å²) in [6.45, 7) is 7.08. The summed E-state index contributed by atoms with van der Waals surface area (Å²) in [5.41, 5.74) is 1.99. The van der Waals surface area contributed by atoms with Crippen molar-refractivity contribution < 1.29 is 23.0 Å². The van der Waals surface area contributed by atoms with E-state index in [-0.39, 0.29) is 6.61 Å². The fourth-order valence-electron chi connectivity index (χ4n) is 3.98. The molecule has 3 aromatic rings. The van der Waals surface area contributed by atoms with Gasteiger partial charge in [0.25, 0.3) is 0 Å². The molecule has 4 nitrogen and oxygen atoms in total. The Morgan fingerprint density at radius 3 is 2.38 bits per heavy atom. The molecule has 184 valence electrons. The normalized spacial score (nSPS) is 13.1. The molecule has 1 atom stereocenters. The Balaban J connectivity index is 1.60. The fourth-order valence-corrected chi connectivity index (χ4v) is 3.98. The molecule has 0 aliphatic rings. The van der Waals surface area contributed by atoms with Crippen molar-refractivity contribution in [2.75, 3.05) is 19.7 Å². The predicted molar refractivity (Wildman–Crippen MR) is 127 cm³/mol. The summed E-state index contributed by atoms with van der Waals surface area (Å²) in [4.78, 5) is 2.17. The van der Waals surface area contributed by atoms with E-state index < -0.39 is 17.8 Å². The van der Waals surface area contributed by atoms with Crippen LogP contribution in [0.25, 0.3) is 0 Å². The third kappa shape index (κ3) is 8.31. The van der Waals surface area contributed by atoms with Gasteiger partial charge in [0.1, 0.15) is 0 Å². The number of halogens is 3. The molecule has 0 aliphatic heterocycles. The van der Waals surface area contributed by atoms with E-state index in [1.807, 2.05) is 53.2 Å². The Labute approximate surface area is 199 Å². The quantitative estimate of drug-likeness (QED) is 0.372. The molecule has 0 saturated carbocycles. The van der Waals surface area contributed by atoms with E-state index in [0.717, 1.165) is 23.9 Å². The maximum Gasteiger partial charge on any atom is 0.416 e. The topological polar surface area (TPSA) is 37.6 Å². The molecule has 1 unspecified atom stereocenters. The van der Waals surface area contributed by atoms with Gasteiger partial charge >= 0.3 is 6.18 Å². The van der Waals surface area contributed by atoms with Crippen LogP contribution < -0.4 is 0 Å². The maximum atomic E-state index is 13.1. The van der Waals surface area contributed by atoms with Crippen LogP contribution in [0.3, 0.4) is 0 Å². The molecule has 0 bridgehead atoms. The fraction of sp³-hybridized carbons (Fsp3) is 0.407. The van der Waals surface area contributed by atoms with E-state index in [4.69, 9.17) is 4.74 Å². The highest BCUT2D eigenvalue weighted by molar-refractivity contribution is 5.26. The van der Waals surface area contributed by atoms with Crippen LogP contribution in [0, 0.1) is 5.92 Å². The zero-order valence-electron chi connectivity index (χ0n) is 19.7. The lowest BCUT2D eigenvalue weighted by Crippen LogP contribution is -2.37. The standard InChI is InChI=1S/C27H33F3N2O2/c1-21(2)15-31(18-26(33)20-34-19-22-8-4-3-5-9-22)17-25-12-7-13-32(25)16-23-10-6-11-24(14-23)27(28,29)30/h3-14,21,26,33H,15-20H2,1-2H3. The average molecular weight is 475 g/mol. The van der Waals surface area contributed by atoms with Crippen LogP contribution >= 0.6 is 0 Å². The SMILES string of the molecule is CC(C)CN(Cc1cccn1Cc1cccc(C(F)(F)F)c1)CC(O)COCc1ccccc1. The number of benzene rings is 2. The monoisotopic (exact) mass is 474 g/mol. The van der Waals surface area contributed by atoms with Crippen LogP contribution in [0.15, 0.2) is 72.9 Å². The van der Waals surface area contributed by atoms with Crippen molar-refractivity contribution in [1.82, 2.24) is 9.47 Å². The number of aliphatic hydroxyl groups excluding tert-OH is 1. The molecule has 0 saturated heterocycles. The van der Waals surface area contributed by atoms with Gasteiger partial charge in [0.05, 0.1) is 24.9 Å². The van der Waals surface area contributed by atoms with Gasteiger partial charge < -0.3 is 14.4 Å². The van der Waals surface area contributed by atoms with Gasteiger partial charge in [-0.25, -0.2) is 0 Å². The molecule has 1 heterocycles. The summed E-state index contributed by atoms with van der Waals surface area (Å²) in [5, 5.41) is 10.6. The largest absolute Gasteiger partial charge is 0.416 e. The Hall–Kier alpha value is -2.61. The lowest BCUT2D eigenvalue weighted by molar-refractivity contribution is -0.137. The van der Waals surface area contributed by atoms with Crippen LogP contribution in [0.1, 0.15) is 36.2 Å². The molecule has 0 aliphatic carbocycles. The minimum Gasteiger partial charge on any atom is -0.389 e. The molecule has 2 aromatic carbocycles. The molecule has 1 N–H and O–H groups in total. The molecule has 0 spiro atoms. The predicted octanol–water partition coefficient (Wildman–Crippen LogP) is 5.59. The number of ether oxygens (including phenoxy) is 1. The summed E-state index contributed by atoms with van der Waals surface area (Å²) in [6.07, 6.45) is -3.13. The lowest BCUT2D eigenvalue weighted by atomic mass is 10.1. The number of hydrogen-bond donors (Lipinski definition) is 1. The Morgan fingerprint density at radius 1 is 0.941 bits per heavy atom. The first-order valence-electron chi connectivity index (χ1n) is 11.5. The van der Waals surface area contributed by atoms with Crippen LogP contribution in [0.5, 0.6) is 0 Å². The first-order chi connectivity index (χ1) is 16.2. The number of aliphatic hydroxyl groups is 1. The summed E-state index contributed by atoms with van der Waals surface area (Å²) in [6, 6.07) is 19.1. The highest BCUT2D eigenvalue weighted by Gasteiger charge is 2.30.